The smallest absolute Gasteiger partial charge is 0.336 e. The first-order valence-electron chi connectivity index (χ1n) is 14.7. The van der Waals surface area contributed by atoms with Crippen molar-refractivity contribution in [2.24, 2.45) is 5.14 Å². The van der Waals surface area contributed by atoms with Crippen molar-refractivity contribution >= 4 is 55.7 Å². The Morgan fingerprint density at radius 3 is 2.35 bits per heavy atom. The van der Waals surface area contributed by atoms with Crippen molar-refractivity contribution in [3.63, 3.8) is 0 Å². The number of aromatic carboxylic acids is 1. The van der Waals surface area contributed by atoms with Gasteiger partial charge in [0, 0.05) is 60.7 Å². The molecule has 252 valence electrons. The highest BCUT2D eigenvalue weighted by atomic mass is 35.5. The third-order valence-corrected chi connectivity index (χ3v) is 8.70. The predicted octanol–water partition coefficient (Wildman–Crippen LogP) is 1.41. The van der Waals surface area contributed by atoms with Gasteiger partial charge in [-0.1, -0.05) is 6.07 Å². The van der Waals surface area contributed by atoms with Gasteiger partial charge in [-0.25, -0.2) is 22.9 Å². The first kappa shape index (κ1) is 36.2. The van der Waals surface area contributed by atoms with Gasteiger partial charge in [0.1, 0.15) is 31.2 Å². The van der Waals surface area contributed by atoms with Gasteiger partial charge in [0.15, 0.2) is 5.11 Å². The number of fused-ring (bicyclic) bond motifs is 2. The summed E-state index contributed by atoms with van der Waals surface area (Å²) in [7, 11) is 4.05. The van der Waals surface area contributed by atoms with Crippen LogP contribution >= 0.6 is 12.2 Å². The fourth-order valence-electron chi connectivity index (χ4n) is 5.10. The highest BCUT2D eigenvalue weighted by molar-refractivity contribution is 7.89. The van der Waals surface area contributed by atoms with Crippen LogP contribution in [0.15, 0.2) is 88.2 Å². The third-order valence-electron chi connectivity index (χ3n) is 7.53. The van der Waals surface area contributed by atoms with Crippen LogP contribution in [0.4, 0.5) is 11.4 Å². The van der Waals surface area contributed by atoms with Gasteiger partial charge >= 0.3 is 5.97 Å². The molecule has 3 aromatic carbocycles. The third kappa shape index (κ3) is 8.23. The van der Waals surface area contributed by atoms with E-state index in [4.69, 9.17) is 26.5 Å². The molecule has 2 aliphatic rings. The lowest BCUT2D eigenvalue weighted by Crippen LogP contribution is -3.00. The highest BCUT2D eigenvalue weighted by Gasteiger charge is 2.23. The number of carboxylic acids is 1. The van der Waals surface area contributed by atoms with Gasteiger partial charge in [0.05, 0.1) is 23.1 Å². The number of sulfonamides is 1. The van der Waals surface area contributed by atoms with Crippen LogP contribution in [0.2, 0.25) is 0 Å². The first-order valence-corrected chi connectivity index (χ1v) is 16.6. The summed E-state index contributed by atoms with van der Waals surface area (Å²) in [6, 6.07) is 22.8. The van der Waals surface area contributed by atoms with E-state index in [1.807, 2.05) is 74.1 Å². The molecule has 3 aromatic rings. The number of carbonyl (C=O) groups is 1. The van der Waals surface area contributed by atoms with Crippen molar-refractivity contribution in [1.29, 1.82) is 0 Å². The number of carboxylic acid groups (broad SMARTS) is 1. The minimum atomic E-state index is -3.76. The largest absolute Gasteiger partial charge is 1.00 e. The molecule has 0 amide bonds. The number of hydrogen-bond donors (Lipinski definition) is 4. The Labute approximate surface area is 290 Å². The summed E-state index contributed by atoms with van der Waals surface area (Å²) in [4.78, 5) is 14.7. The Kier molecular flexibility index (Phi) is 11.3. The fourth-order valence-corrected chi connectivity index (χ4v) is 5.83. The van der Waals surface area contributed by atoms with E-state index in [2.05, 4.69) is 10.6 Å². The Hall–Kier alpha value is -4.69. The molecular weight excluding hydrogens is 674 g/mol. The molecule has 1 aliphatic carbocycles. The number of halogens is 1. The monoisotopic (exact) mass is 709 g/mol. The Balaban J connectivity index is 0.00000520. The van der Waals surface area contributed by atoms with Gasteiger partial charge in [-0.2, -0.15) is 0 Å². The van der Waals surface area contributed by atoms with Crippen molar-refractivity contribution in [2.75, 3.05) is 51.6 Å². The Bertz CT molecular complexity index is 2130. The summed E-state index contributed by atoms with van der Waals surface area (Å²) in [6.45, 7) is 0.847. The maximum atomic E-state index is 12.7. The zero-order chi connectivity index (χ0) is 33.9. The number of nitrogens with two attached hydrogens (primary N) is 1. The number of rotatable bonds is 10. The average molecular weight is 710 g/mol. The van der Waals surface area contributed by atoms with Crippen LogP contribution in [0.25, 0.3) is 33.4 Å². The summed E-state index contributed by atoms with van der Waals surface area (Å²) in [5.74, 6) is 0.0834. The van der Waals surface area contributed by atoms with Crippen molar-refractivity contribution < 1.29 is 39.9 Å². The Morgan fingerprint density at radius 2 is 1.71 bits per heavy atom. The summed E-state index contributed by atoms with van der Waals surface area (Å²) < 4.78 is 36.8. The summed E-state index contributed by atoms with van der Waals surface area (Å²) >= 11 is 5.46. The van der Waals surface area contributed by atoms with Gasteiger partial charge in [0.2, 0.25) is 15.4 Å². The second-order valence-electron chi connectivity index (χ2n) is 11.3. The molecule has 0 fully saturated rings. The van der Waals surface area contributed by atoms with E-state index in [1.165, 1.54) is 12.1 Å². The van der Waals surface area contributed by atoms with Crippen molar-refractivity contribution in [2.45, 2.75) is 11.3 Å². The zero-order valence-electron chi connectivity index (χ0n) is 26.8. The van der Waals surface area contributed by atoms with Crippen molar-refractivity contribution in [3.05, 3.63) is 89.8 Å². The average Bonchev–Trinajstić information content (AvgIpc) is 3.02. The van der Waals surface area contributed by atoms with Crippen LogP contribution in [0.3, 0.4) is 0 Å². The fraction of sp³-hybridized carbons (Fsp3) is 0.206. The molecule has 1 heterocycles. The maximum Gasteiger partial charge on any atom is 0.336 e. The first-order chi connectivity index (χ1) is 22.3. The molecule has 5 N–H and O–H groups in total. The van der Waals surface area contributed by atoms with Crippen LogP contribution < -0.4 is 47.7 Å². The number of nitrogens with zero attached hydrogens (tertiary/aromatic N) is 2. The normalized spacial score (nSPS) is 11.1. The molecule has 0 saturated carbocycles. The molecule has 48 heavy (non-hydrogen) atoms. The molecule has 14 heteroatoms. The molecular formula is C34H36ClN5O6S2. The van der Waals surface area contributed by atoms with Crippen LogP contribution in [0.5, 0.6) is 5.75 Å². The molecule has 11 nitrogen and oxygen atoms in total. The summed E-state index contributed by atoms with van der Waals surface area (Å²) in [6.07, 6.45) is 0.600. The molecule has 0 radical (unpaired) electrons. The lowest BCUT2D eigenvalue weighted by Gasteiger charge is -2.19. The quantitative estimate of drug-likeness (QED) is 0.0726. The number of hydrogen-bond acceptors (Lipinski definition) is 7. The van der Waals surface area contributed by atoms with Crippen molar-refractivity contribution in [1.82, 2.24) is 9.89 Å². The van der Waals surface area contributed by atoms with Gasteiger partial charge in [-0.05, 0) is 78.8 Å². The highest BCUT2D eigenvalue weighted by Crippen LogP contribution is 2.42. The minimum absolute atomic E-state index is 0. The molecule has 0 bridgehead atoms. The number of anilines is 2. The van der Waals surface area contributed by atoms with Gasteiger partial charge < -0.3 is 42.2 Å². The minimum Gasteiger partial charge on any atom is -1.00 e. The van der Waals surface area contributed by atoms with E-state index in [0.717, 1.165) is 27.6 Å². The van der Waals surface area contributed by atoms with Gasteiger partial charge in [-0.15, -0.1) is 0 Å². The van der Waals surface area contributed by atoms with Crippen LogP contribution in [-0.2, 0) is 10.0 Å². The van der Waals surface area contributed by atoms with Gasteiger partial charge in [-0.3, -0.25) is 0 Å². The van der Waals surface area contributed by atoms with Crippen LogP contribution in [-0.4, -0.2) is 65.9 Å². The predicted molar refractivity (Wildman–Crippen MR) is 189 cm³/mol. The van der Waals surface area contributed by atoms with E-state index in [1.54, 1.807) is 30.3 Å². The molecule has 0 saturated heterocycles. The van der Waals surface area contributed by atoms with E-state index in [0.29, 0.717) is 53.0 Å². The zero-order valence-corrected chi connectivity index (χ0v) is 29.2. The van der Waals surface area contributed by atoms with Gasteiger partial charge in [0.25, 0.3) is 0 Å². The number of thiocarbonyl (C=S) groups is 1. The van der Waals surface area contributed by atoms with E-state index < -0.39 is 16.0 Å². The Morgan fingerprint density at radius 1 is 1.00 bits per heavy atom. The molecule has 1 aliphatic heterocycles. The number of ether oxygens (including phenoxy) is 1. The number of benzene rings is 4. The van der Waals surface area contributed by atoms with Crippen LogP contribution in [0, 0.1) is 0 Å². The van der Waals surface area contributed by atoms with E-state index >= 15 is 0 Å². The second kappa shape index (κ2) is 15.0. The number of primary sulfonamides is 1. The second-order valence-corrected chi connectivity index (χ2v) is 13.3. The summed E-state index contributed by atoms with van der Waals surface area (Å²) in [5.41, 5.74) is 4.35. The SMILES string of the molecule is CN(C)c1ccc2c(-c3ccc(NC(=S)NCCCOc4ccc(S(N)(=O)=O)cc4)cc3C(=O)O)c3ccc(=[N+](C)C)cc-3oc2c1.[Cl-]. The summed E-state index contributed by atoms with van der Waals surface area (Å²) in [5, 5.41) is 23.7. The lowest BCUT2D eigenvalue weighted by atomic mass is 9.90. The van der Waals surface area contributed by atoms with Crippen LogP contribution in [0.1, 0.15) is 16.8 Å². The topological polar surface area (TPSA) is 150 Å². The molecule has 5 rings (SSSR count). The molecule has 0 spiro atoms. The number of nitrogens with one attached hydrogen (secondary N) is 2. The molecule has 0 unspecified atom stereocenters. The molecule has 0 atom stereocenters. The molecule has 0 aromatic heterocycles. The van der Waals surface area contributed by atoms with Crippen molar-refractivity contribution in [3.8, 4) is 28.2 Å². The van der Waals surface area contributed by atoms with E-state index in [9.17, 15) is 18.3 Å². The van der Waals surface area contributed by atoms with E-state index in [-0.39, 0.29) is 22.9 Å². The standard InChI is InChI=1S/C34H35N5O6S2.ClH/c1-38(2)22-7-14-27-30(19-22)45-31-20-23(39(3)4)8-15-28(31)32(27)26-13-6-21(18-29(26)33(40)41)37-34(46)36-16-5-17-44-24-9-11-25(12-10-24)47(35,42)43;/h6-15,18-20H,5,16-17H2,1-4H3,(H4,35,36,40,41,42,43,46);1H. The maximum absolute atomic E-state index is 12.7. The lowest BCUT2D eigenvalue weighted by molar-refractivity contribution is -0.0000283.